The van der Waals surface area contributed by atoms with Crippen molar-refractivity contribution in [3.63, 3.8) is 0 Å². The first kappa shape index (κ1) is 15.0. The molecule has 1 atom stereocenters. The molecular weight excluding hydrogens is 270 g/mol. The van der Waals surface area contributed by atoms with Crippen LogP contribution < -0.4 is 5.73 Å². The second kappa shape index (κ2) is 6.84. The first-order valence-corrected chi connectivity index (χ1v) is 7.05. The van der Waals surface area contributed by atoms with Gasteiger partial charge in [0.05, 0.1) is 0 Å². The van der Waals surface area contributed by atoms with Gasteiger partial charge in [0.25, 0.3) is 0 Å². The lowest BCUT2D eigenvalue weighted by Crippen LogP contribution is -2.30. The molecule has 0 aliphatic carbocycles. The third-order valence-corrected chi connectivity index (χ3v) is 3.67. The summed E-state index contributed by atoms with van der Waals surface area (Å²) in [5, 5.41) is 0.759. The summed E-state index contributed by atoms with van der Waals surface area (Å²) < 4.78 is 0. The minimum absolute atomic E-state index is 0.166. The van der Waals surface area contributed by atoms with E-state index in [4.69, 9.17) is 17.3 Å². The molecule has 20 heavy (non-hydrogen) atoms. The number of aryl methyl sites for hydroxylation is 1. The first-order valence-electron chi connectivity index (χ1n) is 6.67. The number of halogens is 1. The third-order valence-electron chi connectivity index (χ3n) is 3.42. The number of nitrogens with zero attached hydrogens (tertiary/aromatic N) is 2. The molecule has 2 N–H and O–H groups in total. The highest BCUT2D eigenvalue weighted by molar-refractivity contribution is 6.30. The second-order valence-electron chi connectivity index (χ2n) is 5.03. The Kier molecular flexibility index (Phi) is 5.12. The smallest absolute Gasteiger partial charge is 0.0486 e. The molecule has 0 bridgehead atoms. The summed E-state index contributed by atoms with van der Waals surface area (Å²) in [7, 11) is 2.08. The average Bonchev–Trinajstić information content (AvgIpc) is 2.44. The van der Waals surface area contributed by atoms with Crippen LogP contribution in [0.25, 0.3) is 0 Å². The Morgan fingerprint density at radius 3 is 2.45 bits per heavy atom. The molecule has 1 aromatic carbocycles. The van der Waals surface area contributed by atoms with Crippen molar-refractivity contribution < 1.29 is 0 Å². The molecule has 0 fully saturated rings. The number of hydrogen-bond donors (Lipinski definition) is 1. The maximum absolute atomic E-state index is 5.93. The van der Waals surface area contributed by atoms with E-state index in [-0.39, 0.29) is 6.04 Å². The van der Waals surface area contributed by atoms with Gasteiger partial charge in [-0.2, -0.15) is 0 Å². The van der Waals surface area contributed by atoms with Crippen LogP contribution in [0.15, 0.2) is 42.6 Å². The summed E-state index contributed by atoms with van der Waals surface area (Å²) in [4.78, 5) is 6.58. The van der Waals surface area contributed by atoms with Gasteiger partial charge in [0.2, 0.25) is 0 Å². The number of likely N-dealkylation sites (N-methyl/N-ethyl adjacent to an activating group) is 1. The average molecular weight is 290 g/mol. The van der Waals surface area contributed by atoms with E-state index in [9.17, 15) is 0 Å². The van der Waals surface area contributed by atoms with Gasteiger partial charge in [-0.15, -0.1) is 0 Å². The molecular formula is C16H20ClN3. The summed E-state index contributed by atoms with van der Waals surface area (Å²) in [6, 6.07) is 12.2. The monoisotopic (exact) mass is 289 g/mol. The van der Waals surface area contributed by atoms with E-state index < -0.39 is 0 Å². The van der Waals surface area contributed by atoms with Crippen molar-refractivity contribution in [1.82, 2.24) is 9.88 Å². The third kappa shape index (κ3) is 3.79. The molecule has 0 radical (unpaired) electrons. The van der Waals surface area contributed by atoms with E-state index in [0.717, 1.165) is 22.8 Å². The zero-order valence-electron chi connectivity index (χ0n) is 11.9. The van der Waals surface area contributed by atoms with Crippen molar-refractivity contribution in [2.45, 2.75) is 19.5 Å². The standard InChI is InChI=1S/C16H20ClN3/c1-12-3-6-14(10-19-12)16(9-18)20(2)11-13-4-7-15(17)8-5-13/h3-8,10,16H,9,11,18H2,1-2H3. The van der Waals surface area contributed by atoms with E-state index in [1.165, 1.54) is 5.56 Å². The maximum Gasteiger partial charge on any atom is 0.0486 e. The van der Waals surface area contributed by atoms with Crippen LogP contribution in [0.5, 0.6) is 0 Å². The van der Waals surface area contributed by atoms with Crippen LogP contribution in [-0.4, -0.2) is 23.5 Å². The lowest BCUT2D eigenvalue weighted by molar-refractivity contribution is 0.241. The van der Waals surface area contributed by atoms with E-state index in [1.807, 2.05) is 43.5 Å². The van der Waals surface area contributed by atoms with Gasteiger partial charge in [0, 0.05) is 36.0 Å². The summed E-state index contributed by atoms with van der Waals surface area (Å²) in [6.07, 6.45) is 1.91. The number of aromatic nitrogens is 1. The number of benzene rings is 1. The van der Waals surface area contributed by atoms with Crippen molar-refractivity contribution in [2.75, 3.05) is 13.6 Å². The molecule has 0 spiro atoms. The van der Waals surface area contributed by atoms with Gasteiger partial charge >= 0.3 is 0 Å². The second-order valence-corrected chi connectivity index (χ2v) is 5.46. The molecule has 0 aliphatic rings. The predicted octanol–water partition coefficient (Wildman–Crippen LogP) is 3.18. The molecule has 1 unspecified atom stereocenters. The fraction of sp³-hybridized carbons (Fsp3) is 0.312. The number of pyridine rings is 1. The summed E-state index contributed by atoms with van der Waals surface area (Å²) in [5.74, 6) is 0. The highest BCUT2D eigenvalue weighted by Crippen LogP contribution is 2.20. The fourth-order valence-electron chi connectivity index (χ4n) is 2.23. The van der Waals surface area contributed by atoms with Crippen LogP contribution >= 0.6 is 11.6 Å². The topological polar surface area (TPSA) is 42.1 Å². The van der Waals surface area contributed by atoms with Crippen molar-refractivity contribution in [2.24, 2.45) is 5.73 Å². The minimum atomic E-state index is 0.166. The lowest BCUT2D eigenvalue weighted by atomic mass is 10.1. The van der Waals surface area contributed by atoms with Gasteiger partial charge in [0.1, 0.15) is 0 Å². The summed E-state index contributed by atoms with van der Waals surface area (Å²) >= 11 is 5.91. The van der Waals surface area contributed by atoms with Gasteiger partial charge < -0.3 is 5.73 Å². The molecule has 2 aromatic rings. The normalized spacial score (nSPS) is 12.7. The molecule has 0 saturated heterocycles. The number of nitrogens with two attached hydrogens (primary N) is 1. The SMILES string of the molecule is Cc1ccc(C(CN)N(C)Cc2ccc(Cl)cc2)cn1. The minimum Gasteiger partial charge on any atom is -0.329 e. The van der Waals surface area contributed by atoms with Gasteiger partial charge in [-0.05, 0) is 43.3 Å². The van der Waals surface area contributed by atoms with Gasteiger partial charge in [-0.1, -0.05) is 29.8 Å². The first-order chi connectivity index (χ1) is 9.60. The quantitative estimate of drug-likeness (QED) is 0.919. The van der Waals surface area contributed by atoms with Crippen LogP contribution in [0.4, 0.5) is 0 Å². The predicted molar refractivity (Wildman–Crippen MR) is 83.7 cm³/mol. The Hall–Kier alpha value is -1.42. The molecule has 0 saturated carbocycles. The van der Waals surface area contributed by atoms with Crippen LogP contribution in [0, 0.1) is 6.92 Å². The Morgan fingerprint density at radius 2 is 1.90 bits per heavy atom. The molecule has 4 heteroatoms. The van der Waals surface area contributed by atoms with Crippen LogP contribution in [-0.2, 0) is 6.54 Å². The van der Waals surface area contributed by atoms with Gasteiger partial charge in [0.15, 0.2) is 0 Å². The summed E-state index contributed by atoms with van der Waals surface area (Å²) in [6.45, 7) is 3.38. The molecule has 0 aliphatic heterocycles. The highest BCUT2D eigenvalue weighted by Gasteiger charge is 2.15. The van der Waals surface area contributed by atoms with Crippen LogP contribution in [0.1, 0.15) is 22.9 Å². The molecule has 2 rings (SSSR count). The Balaban J connectivity index is 2.10. The van der Waals surface area contributed by atoms with Crippen molar-refractivity contribution in [3.8, 4) is 0 Å². The van der Waals surface area contributed by atoms with Crippen molar-refractivity contribution in [3.05, 3.63) is 64.4 Å². The van der Waals surface area contributed by atoms with Crippen LogP contribution in [0.2, 0.25) is 5.02 Å². The van der Waals surface area contributed by atoms with Crippen LogP contribution in [0.3, 0.4) is 0 Å². The van der Waals surface area contributed by atoms with Gasteiger partial charge in [-0.25, -0.2) is 0 Å². The Bertz CT molecular complexity index is 537. The zero-order valence-corrected chi connectivity index (χ0v) is 12.6. The maximum atomic E-state index is 5.93. The van der Waals surface area contributed by atoms with E-state index in [2.05, 4.69) is 23.0 Å². The summed E-state index contributed by atoms with van der Waals surface area (Å²) in [5.41, 5.74) is 9.32. The van der Waals surface area contributed by atoms with E-state index in [0.29, 0.717) is 6.54 Å². The Labute approximate surface area is 125 Å². The van der Waals surface area contributed by atoms with E-state index in [1.54, 1.807) is 0 Å². The fourth-order valence-corrected chi connectivity index (χ4v) is 2.36. The molecule has 1 aromatic heterocycles. The van der Waals surface area contributed by atoms with Crippen molar-refractivity contribution in [1.29, 1.82) is 0 Å². The molecule has 3 nitrogen and oxygen atoms in total. The lowest BCUT2D eigenvalue weighted by Gasteiger charge is -2.27. The van der Waals surface area contributed by atoms with Crippen molar-refractivity contribution >= 4 is 11.6 Å². The largest absolute Gasteiger partial charge is 0.329 e. The van der Waals surface area contributed by atoms with E-state index >= 15 is 0 Å². The molecule has 0 amide bonds. The molecule has 106 valence electrons. The molecule has 1 heterocycles. The zero-order chi connectivity index (χ0) is 14.5. The number of hydrogen-bond acceptors (Lipinski definition) is 3. The highest BCUT2D eigenvalue weighted by atomic mass is 35.5. The van der Waals surface area contributed by atoms with Gasteiger partial charge in [-0.3, -0.25) is 9.88 Å². The number of rotatable bonds is 5. The Morgan fingerprint density at radius 1 is 1.20 bits per heavy atom.